The van der Waals surface area contributed by atoms with Gasteiger partial charge >= 0.3 is 6.09 Å². The molecule has 1 amide bonds. The number of amides is 1. The molecule has 1 fully saturated rings. The molecule has 0 radical (unpaired) electrons. The van der Waals surface area contributed by atoms with E-state index in [4.69, 9.17) is 15.0 Å². The number of sulfonamides is 1. The Kier molecular flexibility index (Phi) is 3.24. The molecule has 0 unspecified atom stereocenters. The Morgan fingerprint density at radius 1 is 1.39 bits per heavy atom. The Hall–Kier alpha value is -1.64. The SMILES string of the molecule is NS(=O)(=O)c1ccc(N2C[C@@H](CO)OC2=O)cc1. The number of carbonyl (C=O) groups is 1. The van der Waals surface area contributed by atoms with E-state index in [1.54, 1.807) is 0 Å². The lowest BCUT2D eigenvalue weighted by Crippen LogP contribution is -2.25. The van der Waals surface area contributed by atoms with Gasteiger partial charge in [-0.3, -0.25) is 4.90 Å². The summed E-state index contributed by atoms with van der Waals surface area (Å²) in [7, 11) is -3.75. The summed E-state index contributed by atoms with van der Waals surface area (Å²) in [5.41, 5.74) is 0.489. The second kappa shape index (κ2) is 4.56. The number of primary sulfonamides is 1. The lowest BCUT2D eigenvalue weighted by molar-refractivity contribution is 0.0963. The van der Waals surface area contributed by atoms with Crippen molar-refractivity contribution < 1.29 is 23.1 Å². The highest BCUT2D eigenvalue weighted by molar-refractivity contribution is 7.89. The number of cyclic esters (lactones) is 1. The molecule has 0 saturated carbocycles. The molecule has 1 aromatic carbocycles. The normalized spacial score (nSPS) is 20.0. The number of hydrogen-bond donors (Lipinski definition) is 2. The summed E-state index contributed by atoms with van der Waals surface area (Å²) in [5, 5.41) is 13.9. The second-order valence-electron chi connectivity index (χ2n) is 3.84. The van der Waals surface area contributed by atoms with Gasteiger partial charge in [0.25, 0.3) is 0 Å². The van der Waals surface area contributed by atoms with Gasteiger partial charge in [-0.05, 0) is 24.3 Å². The predicted molar refractivity (Wildman–Crippen MR) is 62.5 cm³/mol. The van der Waals surface area contributed by atoms with Crippen LogP contribution in [0.2, 0.25) is 0 Å². The molecule has 0 bridgehead atoms. The fraction of sp³-hybridized carbons (Fsp3) is 0.300. The zero-order valence-electron chi connectivity index (χ0n) is 9.31. The molecule has 7 nitrogen and oxygen atoms in total. The summed E-state index contributed by atoms with van der Waals surface area (Å²) in [6.45, 7) is -0.0262. The topological polar surface area (TPSA) is 110 Å². The van der Waals surface area contributed by atoms with E-state index in [1.807, 2.05) is 0 Å². The van der Waals surface area contributed by atoms with E-state index in [0.717, 1.165) is 0 Å². The van der Waals surface area contributed by atoms with E-state index < -0.39 is 22.2 Å². The molecule has 3 N–H and O–H groups in total. The van der Waals surface area contributed by atoms with Crippen LogP contribution in [0.15, 0.2) is 29.2 Å². The molecule has 18 heavy (non-hydrogen) atoms. The van der Waals surface area contributed by atoms with Crippen molar-refractivity contribution in [3.63, 3.8) is 0 Å². The van der Waals surface area contributed by atoms with Gasteiger partial charge in [0.15, 0.2) is 0 Å². The van der Waals surface area contributed by atoms with Crippen LogP contribution in [0.25, 0.3) is 0 Å². The maximum Gasteiger partial charge on any atom is 0.414 e. The molecule has 1 heterocycles. The molecular weight excluding hydrogens is 260 g/mol. The Labute approximate surface area is 104 Å². The van der Waals surface area contributed by atoms with E-state index in [0.29, 0.717) is 5.69 Å². The summed E-state index contributed by atoms with van der Waals surface area (Å²) in [6, 6.07) is 5.54. The van der Waals surface area contributed by atoms with Crippen molar-refractivity contribution in [3.05, 3.63) is 24.3 Å². The van der Waals surface area contributed by atoms with Gasteiger partial charge in [-0.15, -0.1) is 0 Å². The quantitative estimate of drug-likeness (QED) is 0.781. The van der Waals surface area contributed by atoms with Gasteiger partial charge in [-0.1, -0.05) is 0 Å². The third-order valence-electron chi connectivity index (χ3n) is 2.55. The number of aliphatic hydroxyl groups is 1. The van der Waals surface area contributed by atoms with Crippen molar-refractivity contribution in [3.8, 4) is 0 Å². The first-order chi connectivity index (χ1) is 8.41. The fourth-order valence-electron chi connectivity index (χ4n) is 1.64. The maximum atomic E-state index is 11.5. The molecule has 1 atom stereocenters. The number of aliphatic hydroxyl groups excluding tert-OH is 1. The van der Waals surface area contributed by atoms with E-state index >= 15 is 0 Å². The number of benzene rings is 1. The largest absolute Gasteiger partial charge is 0.441 e. The smallest absolute Gasteiger partial charge is 0.414 e. The second-order valence-corrected chi connectivity index (χ2v) is 5.40. The van der Waals surface area contributed by atoms with Crippen LogP contribution in [0.5, 0.6) is 0 Å². The summed E-state index contributed by atoms with van der Waals surface area (Å²) >= 11 is 0. The number of carbonyl (C=O) groups excluding carboxylic acids is 1. The fourth-order valence-corrected chi connectivity index (χ4v) is 2.16. The molecule has 1 aromatic rings. The van der Waals surface area contributed by atoms with Crippen LogP contribution in [-0.2, 0) is 14.8 Å². The van der Waals surface area contributed by atoms with Gasteiger partial charge in [0.1, 0.15) is 6.10 Å². The highest BCUT2D eigenvalue weighted by Crippen LogP contribution is 2.22. The zero-order valence-corrected chi connectivity index (χ0v) is 10.1. The average molecular weight is 272 g/mol. The van der Waals surface area contributed by atoms with Crippen LogP contribution in [0.1, 0.15) is 0 Å². The number of hydrogen-bond acceptors (Lipinski definition) is 5. The minimum Gasteiger partial charge on any atom is -0.441 e. The summed E-state index contributed by atoms with van der Waals surface area (Å²) in [6.07, 6.45) is -1.13. The van der Waals surface area contributed by atoms with E-state index in [-0.39, 0.29) is 18.0 Å². The lowest BCUT2D eigenvalue weighted by atomic mass is 10.3. The Morgan fingerprint density at radius 2 is 2.00 bits per heavy atom. The van der Waals surface area contributed by atoms with Gasteiger partial charge in [-0.25, -0.2) is 18.4 Å². The predicted octanol–water partition coefficient (Wildman–Crippen LogP) is -0.349. The molecule has 1 aliphatic rings. The van der Waals surface area contributed by atoms with Crippen molar-refractivity contribution in [2.75, 3.05) is 18.1 Å². The van der Waals surface area contributed by atoms with Crippen LogP contribution < -0.4 is 10.0 Å². The third kappa shape index (κ3) is 2.45. The minimum absolute atomic E-state index is 0.0301. The van der Waals surface area contributed by atoms with E-state index in [2.05, 4.69) is 0 Å². The number of nitrogens with two attached hydrogens (primary N) is 1. The van der Waals surface area contributed by atoms with Crippen molar-refractivity contribution in [2.24, 2.45) is 5.14 Å². The first-order valence-electron chi connectivity index (χ1n) is 5.13. The number of nitrogens with zero attached hydrogens (tertiary/aromatic N) is 1. The summed E-state index contributed by atoms with van der Waals surface area (Å²) < 4.78 is 27.0. The summed E-state index contributed by atoms with van der Waals surface area (Å²) in [4.78, 5) is 12.8. The molecule has 98 valence electrons. The van der Waals surface area contributed by atoms with Gasteiger partial charge in [-0.2, -0.15) is 0 Å². The molecule has 8 heteroatoms. The number of rotatable bonds is 3. The van der Waals surface area contributed by atoms with Crippen LogP contribution >= 0.6 is 0 Å². The number of ether oxygens (including phenoxy) is 1. The Balaban J connectivity index is 2.23. The zero-order chi connectivity index (χ0) is 13.3. The molecule has 1 aliphatic heterocycles. The molecular formula is C10H12N2O5S. The van der Waals surface area contributed by atoms with Crippen molar-refractivity contribution >= 4 is 21.8 Å². The standard InChI is InChI=1S/C10H12N2O5S/c11-18(15,16)9-3-1-7(2-4-9)12-5-8(6-13)17-10(12)14/h1-4,8,13H,5-6H2,(H2,11,15,16)/t8-/m0/s1. The van der Waals surface area contributed by atoms with Gasteiger partial charge in [0, 0.05) is 5.69 Å². The van der Waals surface area contributed by atoms with Gasteiger partial charge in [0.05, 0.1) is 18.0 Å². The van der Waals surface area contributed by atoms with Crippen molar-refractivity contribution in [2.45, 2.75) is 11.0 Å². The maximum absolute atomic E-state index is 11.5. The van der Waals surface area contributed by atoms with E-state index in [1.165, 1.54) is 29.2 Å². The van der Waals surface area contributed by atoms with Gasteiger partial charge < -0.3 is 9.84 Å². The monoisotopic (exact) mass is 272 g/mol. The van der Waals surface area contributed by atoms with E-state index in [9.17, 15) is 13.2 Å². The van der Waals surface area contributed by atoms with Crippen LogP contribution in [-0.4, -0.2) is 38.9 Å². The molecule has 2 rings (SSSR count). The first kappa shape index (κ1) is 12.8. The van der Waals surface area contributed by atoms with Crippen LogP contribution in [0, 0.1) is 0 Å². The molecule has 0 spiro atoms. The third-order valence-corrected chi connectivity index (χ3v) is 3.48. The summed E-state index contributed by atoms with van der Waals surface area (Å²) in [5.74, 6) is 0. The Morgan fingerprint density at radius 3 is 2.44 bits per heavy atom. The van der Waals surface area contributed by atoms with Crippen molar-refractivity contribution in [1.29, 1.82) is 0 Å². The first-order valence-corrected chi connectivity index (χ1v) is 6.68. The average Bonchev–Trinajstić information content (AvgIpc) is 2.70. The van der Waals surface area contributed by atoms with Crippen LogP contribution in [0.3, 0.4) is 0 Å². The molecule has 0 aromatic heterocycles. The highest BCUT2D eigenvalue weighted by Gasteiger charge is 2.31. The minimum atomic E-state index is -3.75. The highest BCUT2D eigenvalue weighted by atomic mass is 32.2. The molecule has 1 saturated heterocycles. The number of anilines is 1. The molecule has 0 aliphatic carbocycles. The van der Waals surface area contributed by atoms with Crippen molar-refractivity contribution in [1.82, 2.24) is 0 Å². The lowest BCUT2D eigenvalue weighted by Gasteiger charge is -2.12. The van der Waals surface area contributed by atoms with Gasteiger partial charge in [0.2, 0.25) is 10.0 Å². The Bertz CT molecular complexity index is 554. The van der Waals surface area contributed by atoms with Crippen LogP contribution in [0.4, 0.5) is 10.5 Å².